The highest BCUT2D eigenvalue weighted by Crippen LogP contribution is 2.29. The van der Waals surface area contributed by atoms with Gasteiger partial charge in [-0.25, -0.2) is 0 Å². The number of hydrogen-bond donors (Lipinski definition) is 0. The van der Waals surface area contributed by atoms with E-state index in [2.05, 4.69) is 6.58 Å². The van der Waals surface area contributed by atoms with Gasteiger partial charge in [0.2, 0.25) is 0 Å². The predicted molar refractivity (Wildman–Crippen MR) is 53.7 cm³/mol. The maximum Gasteiger partial charge on any atom is -0.00530 e. The molecule has 0 aromatic heterocycles. The summed E-state index contributed by atoms with van der Waals surface area (Å²) in [7, 11) is 0. The number of rotatable bonds is 5. The first-order valence-corrected chi connectivity index (χ1v) is 5.04. The molecule has 0 N–H and O–H groups in total. The molecule has 1 aliphatic carbocycles. The lowest BCUT2D eigenvalue weighted by atomic mass is 9.95. The largest absolute Gasteiger partial charge is 0.102 e. The average Bonchev–Trinajstić information content (AvgIpc) is 2.59. The van der Waals surface area contributed by atoms with Crippen molar-refractivity contribution < 1.29 is 0 Å². The van der Waals surface area contributed by atoms with Crippen LogP contribution >= 0.6 is 0 Å². The molecule has 1 atom stereocenters. The summed E-state index contributed by atoms with van der Waals surface area (Å²) in [6.07, 6.45) is 12.0. The highest BCUT2D eigenvalue weighted by molar-refractivity contribution is 4.90. The molecule has 1 radical (unpaired) electrons. The molecule has 0 aromatic rings. The standard InChI is InChI=1S/C12H19/c1-3-11(4-2)9-10-12-7-5-6-8-12/h1,3-4,11-12H,2,5-10H2. The summed E-state index contributed by atoms with van der Waals surface area (Å²) in [6.45, 7) is 9.24. The van der Waals surface area contributed by atoms with Crippen LogP contribution in [0.3, 0.4) is 0 Å². The van der Waals surface area contributed by atoms with Gasteiger partial charge in [0.05, 0.1) is 0 Å². The molecule has 1 fully saturated rings. The summed E-state index contributed by atoms with van der Waals surface area (Å²) < 4.78 is 0. The minimum atomic E-state index is 0.436. The summed E-state index contributed by atoms with van der Waals surface area (Å²) in [5.74, 6) is 1.41. The van der Waals surface area contributed by atoms with Crippen LogP contribution < -0.4 is 0 Å². The summed E-state index contributed by atoms with van der Waals surface area (Å²) >= 11 is 0. The third kappa shape index (κ3) is 2.84. The smallest absolute Gasteiger partial charge is 0.00530 e. The molecular formula is C12H19. The van der Waals surface area contributed by atoms with Crippen LogP contribution in [0, 0.1) is 18.4 Å². The van der Waals surface area contributed by atoms with E-state index in [1.807, 2.05) is 6.08 Å². The van der Waals surface area contributed by atoms with Crippen molar-refractivity contribution in [2.75, 3.05) is 0 Å². The molecule has 0 heteroatoms. The Morgan fingerprint density at radius 2 is 2.08 bits per heavy atom. The maximum absolute atomic E-state index is 5.47. The van der Waals surface area contributed by atoms with Gasteiger partial charge in [0.15, 0.2) is 0 Å². The first-order valence-electron chi connectivity index (χ1n) is 5.04. The second-order valence-electron chi connectivity index (χ2n) is 3.82. The molecule has 0 saturated heterocycles. The van der Waals surface area contributed by atoms with Gasteiger partial charge in [0.25, 0.3) is 0 Å². The van der Waals surface area contributed by atoms with E-state index in [0.717, 1.165) is 5.92 Å². The van der Waals surface area contributed by atoms with Crippen molar-refractivity contribution in [2.45, 2.75) is 38.5 Å². The van der Waals surface area contributed by atoms with Crippen LogP contribution in [-0.2, 0) is 0 Å². The molecule has 67 valence electrons. The minimum absolute atomic E-state index is 0.436. The van der Waals surface area contributed by atoms with Crippen molar-refractivity contribution in [1.82, 2.24) is 0 Å². The molecular weight excluding hydrogens is 144 g/mol. The van der Waals surface area contributed by atoms with Gasteiger partial charge < -0.3 is 0 Å². The molecule has 0 heterocycles. The van der Waals surface area contributed by atoms with Crippen LogP contribution in [-0.4, -0.2) is 0 Å². The molecule has 0 aliphatic heterocycles. The van der Waals surface area contributed by atoms with Crippen molar-refractivity contribution >= 4 is 0 Å². The van der Waals surface area contributed by atoms with Gasteiger partial charge >= 0.3 is 0 Å². The Labute approximate surface area is 76.4 Å². The zero-order valence-corrected chi connectivity index (χ0v) is 7.84. The van der Waals surface area contributed by atoms with Crippen molar-refractivity contribution in [3.63, 3.8) is 0 Å². The molecule has 1 rings (SSSR count). The van der Waals surface area contributed by atoms with Gasteiger partial charge in [-0.3, -0.25) is 0 Å². The lowest BCUT2D eigenvalue weighted by Gasteiger charge is -2.11. The molecule has 0 aromatic carbocycles. The quantitative estimate of drug-likeness (QED) is 0.541. The topological polar surface area (TPSA) is 0 Å². The van der Waals surface area contributed by atoms with Gasteiger partial charge in [-0.15, -0.1) is 6.58 Å². The van der Waals surface area contributed by atoms with E-state index in [0.29, 0.717) is 5.92 Å². The summed E-state index contributed by atoms with van der Waals surface area (Å²) in [4.78, 5) is 0. The normalized spacial score (nSPS) is 20.7. The second-order valence-corrected chi connectivity index (χ2v) is 3.82. The van der Waals surface area contributed by atoms with Crippen LogP contribution in [0.15, 0.2) is 18.7 Å². The third-order valence-electron chi connectivity index (χ3n) is 2.93. The van der Waals surface area contributed by atoms with Crippen molar-refractivity contribution in [1.29, 1.82) is 0 Å². The third-order valence-corrected chi connectivity index (χ3v) is 2.93. The number of allylic oxidation sites excluding steroid dienone is 2. The van der Waals surface area contributed by atoms with Crippen molar-refractivity contribution in [3.05, 3.63) is 25.3 Å². The van der Waals surface area contributed by atoms with E-state index in [1.165, 1.54) is 38.5 Å². The zero-order valence-electron chi connectivity index (χ0n) is 7.84. The van der Waals surface area contributed by atoms with Gasteiger partial charge in [-0.05, 0) is 24.7 Å². The van der Waals surface area contributed by atoms with Gasteiger partial charge in [0.1, 0.15) is 0 Å². The maximum atomic E-state index is 5.47. The Balaban J connectivity index is 2.14. The molecule has 0 bridgehead atoms. The van der Waals surface area contributed by atoms with E-state index in [4.69, 9.17) is 6.58 Å². The minimum Gasteiger partial charge on any atom is -0.102 e. The van der Waals surface area contributed by atoms with Crippen LogP contribution in [0.4, 0.5) is 0 Å². The molecule has 1 unspecified atom stereocenters. The SMILES string of the molecule is [CH]=CC(C=C)CCC1CCCC1. The lowest BCUT2D eigenvalue weighted by Crippen LogP contribution is -1.98. The fraction of sp³-hybridized carbons (Fsp3) is 0.667. The molecule has 1 saturated carbocycles. The monoisotopic (exact) mass is 163 g/mol. The van der Waals surface area contributed by atoms with Crippen LogP contribution in [0.25, 0.3) is 0 Å². The van der Waals surface area contributed by atoms with Crippen molar-refractivity contribution in [2.24, 2.45) is 11.8 Å². The molecule has 12 heavy (non-hydrogen) atoms. The highest BCUT2D eigenvalue weighted by atomic mass is 14.2. The van der Waals surface area contributed by atoms with E-state index in [9.17, 15) is 0 Å². The Morgan fingerprint density at radius 3 is 2.58 bits per heavy atom. The Bertz CT molecular complexity index is 132. The molecule has 0 amide bonds. The zero-order chi connectivity index (χ0) is 8.81. The predicted octanol–water partition coefficient (Wildman–Crippen LogP) is 3.75. The van der Waals surface area contributed by atoms with Crippen LogP contribution in [0.5, 0.6) is 0 Å². The fourth-order valence-corrected chi connectivity index (χ4v) is 2.02. The van der Waals surface area contributed by atoms with Crippen molar-refractivity contribution in [3.8, 4) is 0 Å². The summed E-state index contributed by atoms with van der Waals surface area (Å²) in [6, 6.07) is 0. The van der Waals surface area contributed by atoms with E-state index in [1.54, 1.807) is 6.08 Å². The Hall–Kier alpha value is -0.520. The van der Waals surface area contributed by atoms with E-state index < -0.39 is 0 Å². The van der Waals surface area contributed by atoms with Gasteiger partial charge in [-0.2, -0.15) is 0 Å². The summed E-state index contributed by atoms with van der Waals surface area (Å²) in [5.41, 5.74) is 0. The highest BCUT2D eigenvalue weighted by Gasteiger charge is 2.15. The molecule has 1 aliphatic rings. The molecule has 0 nitrogen and oxygen atoms in total. The average molecular weight is 163 g/mol. The Morgan fingerprint density at radius 1 is 1.42 bits per heavy atom. The Kier molecular flexibility index (Phi) is 4.13. The first-order chi connectivity index (χ1) is 5.86. The second kappa shape index (κ2) is 5.18. The van der Waals surface area contributed by atoms with Crippen LogP contribution in [0.1, 0.15) is 38.5 Å². The molecule has 0 spiro atoms. The fourth-order valence-electron chi connectivity index (χ4n) is 2.02. The van der Waals surface area contributed by atoms with Crippen LogP contribution in [0.2, 0.25) is 0 Å². The summed E-state index contributed by atoms with van der Waals surface area (Å²) in [5, 5.41) is 0. The van der Waals surface area contributed by atoms with E-state index >= 15 is 0 Å². The lowest BCUT2D eigenvalue weighted by molar-refractivity contribution is 0.463. The number of hydrogen-bond acceptors (Lipinski definition) is 0. The first kappa shape index (κ1) is 9.57. The van der Waals surface area contributed by atoms with E-state index in [-0.39, 0.29) is 0 Å². The van der Waals surface area contributed by atoms with Gasteiger partial charge in [-0.1, -0.05) is 44.4 Å². The van der Waals surface area contributed by atoms with Gasteiger partial charge in [0, 0.05) is 0 Å².